The van der Waals surface area contributed by atoms with Crippen molar-refractivity contribution >= 4 is 18.0 Å². The first-order chi connectivity index (χ1) is 10.9. The van der Waals surface area contributed by atoms with Crippen molar-refractivity contribution in [3.8, 4) is 5.75 Å². The van der Waals surface area contributed by atoms with E-state index in [-0.39, 0.29) is 24.5 Å². The average Bonchev–Trinajstić information content (AvgIpc) is 2.45. The highest BCUT2D eigenvalue weighted by molar-refractivity contribution is 5.82. The number of nitrogens with one attached hydrogen (secondary N) is 2. The van der Waals surface area contributed by atoms with Crippen molar-refractivity contribution in [2.24, 2.45) is 11.0 Å². The van der Waals surface area contributed by atoms with E-state index in [1.807, 2.05) is 27.7 Å². The molecule has 0 saturated carbocycles. The molecule has 6 nitrogen and oxygen atoms in total. The van der Waals surface area contributed by atoms with Gasteiger partial charge in [0.25, 0.3) is 5.91 Å². The zero-order valence-corrected chi connectivity index (χ0v) is 14.1. The van der Waals surface area contributed by atoms with Crippen molar-refractivity contribution in [3.63, 3.8) is 0 Å². The number of carbonyl (C=O) groups excluding carboxylic acids is 2. The van der Waals surface area contributed by atoms with E-state index in [2.05, 4.69) is 15.8 Å². The minimum absolute atomic E-state index is 0.0170. The Morgan fingerprint density at radius 2 is 1.78 bits per heavy atom. The molecule has 1 aromatic carbocycles. The second kappa shape index (κ2) is 9.61. The lowest BCUT2D eigenvalue weighted by molar-refractivity contribution is -0.123. The molecule has 1 aromatic rings. The molecular formula is C17H25N3O3. The van der Waals surface area contributed by atoms with Gasteiger partial charge in [-0.1, -0.05) is 13.8 Å². The molecule has 0 aliphatic rings. The van der Waals surface area contributed by atoms with E-state index in [4.69, 9.17) is 4.74 Å². The maximum absolute atomic E-state index is 11.5. The average molecular weight is 319 g/mol. The molecule has 0 fully saturated rings. The van der Waals surface area contributed by atoms with Gasteiger partial charge in [-0.3, -0.25) is 9.59 Å². The van der Waals surface area contributed by atoms with Crippen LogP contribution < -0.4 is 15.5 Å². The van der Waals surface area contributed by atoms with Gasteiger partial charge in [0.2, 0.25) is 5.91 Å². The van der Waals surface area contributed by atoms with Gasteiger partial charge in [-0.05, 0) is 49.6 Å². The van der Waals surface area contributed by atoms with Gasteiger partial charge in [-0.25, -0.2) is 5.43 Å². The first-order valence-electron chi connectivity index (χ1n) is 7.71. The van der Waals surface area contributed by atoms with Gasteiger partial charge >= 0.3 is 0 Å². The summed E-state index contributed by atoms with van der Waals surface area (Å²) in [5, 5.41) is 6.65. The van der Waals surface area contributed by atoms with Crippen LogP contribution in [0.5, 0.6) is 5.75 Å². The van der Waals surface area contributed by atoms with Gasteiger partial charge in [-0.2, -0.15) is 5.10 Å². The Morgan fingerprint density at radius 3 is 2.35 bits per heavy atom. The molecule has 6 heteroatoms. The molecule has 0 aromatic heterocycles. The van der Waals surface area contributed by atoms with Crippen LogP contribution in [0.15, 0.2) is 29.4 Å². The maximum Gasteiger partial charge on any atom is 0.258 e. The third kappa shape index (κ3) is 8.60. The molecule has 0 saturated heterocycles. The van der Waals surface area contributed by atoms with E-state index >= 15 is 0 Å². The molecule has 126 valence electrons. The molecule has 2 amide bonds. The number of ether oxygens (including phenoxy) is 1. The summed E-state index contributed by atoms with van der Waals surface area (Å²) >= 11 is 0. The van der Waals surface area contributed by atoms with Crippen molar-refractivity contribution < 1.29 is 14.3 Å². The highest BCUT2D eigenvalue weighted by atomic mass is 16.5. The molecule has 0 bridgehead atoms. The van der Waals surface area contributed by atoms with E-state index in [0.717, 1.165) is 5.56 Å². The molecule has 0 unspecified atom stereocenters. The zero-order valence-electron chi connectivity index (χ0n) is 14.1. The Labute approximate surface area is 137 Å². The molecule has 2 N–H and O–H groups in total. The Morgan fingerprint density at radius 1 is 1.13 bits per heavy atom. The maximum atomic E-state index is 11.5. The molecule has 0 heterocycles. The molecule has 0 radical (unpaired) electrons. The van der Waals surface area contributed by atoms with Gasteiger partial charge in [0.15, 0.2) is 6.61 Å². The Hall–Kier alpha value is -2.37. The predicted molar refractivity (Wildman–Crippen MR) is 90.4 cm³/mol. The first kappa shape index (κ1) is 18.7. The number of hydrogen-bond acceptors (Lipinski definition) is 4. The normalized spacial score (nSPS) is 11.0. The number of rotatable bonds is 8. The highest BCUT2D eigenvalue weighted by Crippen LogP contribution is 2.10. The first-order valence-corrected chi connectivity index (χ1v) is 7.71. The fraction of sp³-hybridized carbons (Fsp3) is 0.471. The van der Waals surface area contributed by atoms with Gasteiger partial charge in [0.1, 0.15) is 5.75 Å². The summed E-state index contributed by atoms with van der Waals surface area (Å²) in [7, 11) is 0. The SMILES string of the molecule is CC(C)CC(=O)N/N=C\c1ccc(OCC(=O)NC(C)C)cc1. The van der Waals surface area contributed by atoms with Crippen molar-refractivity contribution in [3.05, 3.63) is 29.8 Å². The molecule has 1 rings (SSSR count). The van der Waals surface area contributed by atoms with E-state index in [0.29, 0.717) is 18.1 Å². The van der Waals surface area contributed by atoms with Crippen LogP contribution in [-0.4, -0.2) is 30.7 Å². The van der Waals surface area contributed by atoms with E-state index in [1.54, 1.807) is 30.5 Å². The van der Waals surface area contributed by atoms with Crippen LogP contribution in [0.1, 0.15) is 39.7 Å². The summed E-state index contributed by atoms with van der Waals surface area (Å²) in [6.07, 6.45) is 2.01. The van der Waals surface area contributed by atoms with Crippen LogP contribution in [0.3, 0.4) is 0 Å². The standard InChI is InChI=1S/C17H25N3O3/c1-12(2)9-16(21)20-18-10-14-5-7-15(8-6-14)23-11-17(22)19-13(3)4/h5-8,10,12-13H,9,11H2,1-4H3,(H,19,22)(H,20,21)/b18-10-. The van der Waals surface area contributed by atoms with Crippen molar-refractivity contribution in [1.29, 1.82) is 0 Å². The predicted octanol–water partition coefficient (Wildman–Crippen LogP) is 2.09. The lowest BCUT2D eigenvalue weighted by atomic mass is 10.1. The number of amides is 2. The Kier molecular flexibility index (Phi) is 7.80. The van der Waals surface area contributed by atoms with Crippen LogP contribution in [0.4, 0.5) is 0 Å². The molecular weight excluding hydrogens is 294 g/mol. The summed E-state index contributed by atoms with van der Waals surface area (Å²) < 4.78 is 5.38. The van der Waals surface area contributed by atoms with E-state index < -0.39 is 0 Å². The minimum atomic E-state index is -0.154. The Balaban J connectivity index is 2.41. The largest absolute Gasteiger partial charge is 0.484 e. The smallest absolute Gasteiger partial charge is 0.258 e. The van der Waals surface area contributed by atoms with E-state index in [1.165, 1.54) is 0 Å². The van der Waals surface area contributed by atoms with Gasteiger partial charge < -0.3 is 10.1 Å². The minimum Gasteiger partial charge on any atom is -0.484 e. The number of nitrogens with zero attached hydrogens (tertiary/aromatic N) is 1. The van der Waals surface area contributed by atoms with Crippen molar-refractivity contribution in [1.82, 2.24) is 10.7 Å². The summed E-state index contributed by atoms with van der Waals surface area (Å²) in [5.74, 6) is 0.644. The number of hydrazone groups is 1. The summed E-state index contributed by atoms with van der Waals surface area (Å²) in [6, 6.07) is 7.19. The number of benzene rings is 1. The fourth-order valence-corrected chi connectivity index (χ4v) is 1.76. The molecule has 0 aliphatic carbocycles. The second-order valence-electron chi connectivity index (χ2n) is 5.97. The highest BCUT2D eigenvalue weighted by Gasteiger charge is 2.04. The lowest BCUT2D eigenvalue weighted by Gasteiger charge is -2.09. The van der Waals surface area contributed by atoms with Crippen LogP contribution >= 0.6 is 0 Å². The van der Waals surface area contributed by atoms with Gasteiger partial charge in [0, 0.05) is 12.5 Å². The number of hydrogen-bond donors (Lipinski definition) is 2. The third-order valence-electron chi connectivity index (χ3n) is 2.70. The second-order valence-corrected chi connectivity index (χ2v) is 5.97. The molecule has 0 aliphatic heterocycles. The molecule has 23 heavy (non-hydrogen) atoms. The van der Waals surface area contributed by atoms with Crippen molar-refractivity contribution in [2.75, 3.05) is 6.61 Å². The topological polar surface area (TPSA) is 79.8 Å². The van der Waals surface area contributed by atoms with Crippen LogP contribution in [0, 0.1) is 5.92 Å². The van der Waals surface area contributed by atoms with Crippen LogP contribution in [-0.2, 0) is 9.59 Å². The molecule has 0 spiro atoms. The van der Waals surface area contributed by atoms with E-state index in [9.17, 15) is 9.59 Å². The van der Waals surface area contributed by atoms with Gasteiger partial charge in [0.05, 0.1) is 6.21 Å². The quantitative estimate of drug-likeness (QED) is 0.569. The Bertz CT molecular complexity index is 537. The lowest BCUT2D eigenvalue weighted by Crippen LogP contribution is -2.34. The van der Waals surface area contributed by atoms with Gasteiger partial charge in [-0.15, -0.1) is 0 Å². The van der Waals surface area contributed by atoms with Crippen molar-refractivity contribution in [2.45, 2.75) is 40.2 Å². The molecule has 0 atom stereocenters. The van der Waals surface area contributed by atoms with Crippen LogP contribution in [0.25, 0.3) is 0 Å². The fourth-order valence-electron chi connectivity index (χ4n) is 1.76. The third-order valence-corrected chi connectivity index (χ3v) is 2.70. The summed E-state index contributed by atoms with van der Waals surface area (Å²) in [4.78, 5) is 22.9. The van der Waals surface area contributed by atoms with Crippen LogP contribution in [0.2, 0.25) is 0 Å². The number of carbonyl (C=O) groups is 2. The monoisotopic (exact) mass is 319 g/mol. The zero-order chi connectivity index (χ0) is 17.2. The summed E-state index contributed by atoms with van der Waals surface area (Å²) in [5.41, 5.74) is 3.31. The summed E-state index contributed by atoms with van der Waals surface area (Å²) in [6.45, 7) is 7.72.